The van der Waals surface area contributed by atoms with E-state index in [-0.39, 0.29) is 5.60 Å². The van der Waals surface area contributed by atoms with Crippen molar-refractivity contribution in [1.82, 2.24) is 0 Å². The highest BCUT2D eigenvalue weighted by molar-refractivity contribution is 4.95. The predicted molar refractivity (Wildman–Crippen MR) is 71.5 cm³/mol. The van der Waals surface area contributed by atoms with Gasteiger partial charge in [0.25, 0.3) is 0 Å². The molecule has 3 nitrogen and oxygen atoms in total. The monoisotopic (exact) mass is 253 g/mol. The second kappa shape index (κ2) is 5.10. The summed E-state index contributed by atoms with van der Waals surface area (Å²) in [6.07, 6.45) is 11.7. The molecule has 0 amide bonds. The van der Waals surface area contributed by atoms with E-state index >= 15 is 0 Å². The molecule has 1 atom stereocenters. The zero-order valence-electron chi connectivity index (χ0n) is 11.5. The van der Waals surface area contributed by atoms with Crippen LogP contribution < -0.4 is 5.73 Å². The van der Waals surface area contributed by atoms with E-state index in [2.05, 4.69) is 0 Å². The zero-order valence-corrected chi connectivity index (χ0v) is 11.5. The van der Waals surface area contributed by atoms with Crippen molar-refractivity contribution in [3.8, 4) is 0 Å². The maximum absolute atomic E-state index is 6.44. The normalized spacial score (nSPS) is 34.2. The standard InChI is InChI=1S/C15H27NO2/c16-12-14(7-9-17-10-8-14)11-13-3-6-15(18-13)4-1-2-5-15/h13H,1-12,16H2. The average molecular weight is 253 g/mol. The number of hydrogen-bond acceptors (Lipinski definition) is 3. The van der Waals surface area contributed by atoms with Gasteiger partial charge in [-0.05, 0) is 56.9 Å². The third kappa shape index (κ3) is 2.45. The number of nitrogens with two attached hydrogens (primary N) is 1. The van der Waals surface area contributed by atoms with Gasteiger partial charge >= 0.3 is 0 Å². The van der Waals surface area contributed by atoms with Crippen molar-refractivity contribution in [1.29, 1.82) is 0 Å². The van der Waals surface area contributed by atoms with Gasteiger partial charge in [0.2, 0.25) is 0 Å². The summed E-state index contributed by atoms with van der Waals surface area (Å²) >= 11 is 0. The molecule has 3 heteroatoms. The first-order valence-electron chi connectivity index (χ1n) is 7.72. The van der Waals surface area contributed by atoms with E-state index in [4.69, 9.17) is 15.2 Å². The molecule has 18 heavy (non-hydrogen) atoms. The van der Waals surface area contributed by atoms with E-state index in [0.29, 0.717) is 11.5 Å². The lowest BCUT2D eigenvalue weighted by atomic mass is 9.75. The Balaban J connectivity index is 1.59. The lowest BCUT2D eigenvalue weighted by Crippen LogP contribution is -2.40. The Morgan fingerprint density at radius 2 is 1.72 bits per heavy atom. The molecule has 3 fully saturated rings. The van der Waals surface area contributed by atoms with E-state index in [9.17, 15) is 0 Å². The van der Waals surface area contributed by atoms with Gasteiger partial charge in [-0.15, -0.1) is 0 Å². The Labute approximate surface area is 110 Å². The Morgan fingerprint density at radius 1 is 1.00 bits per heavy atom. The summed E-state index contributed by atoms with van der Waals surface area (Å²) in [4.78, 5) is 0. The molecule has 3 aliphatic rings. The van der Waals surface area contributed by atoms with E-state index < -0.39 is 0 Å². The quantitative estimate of drug-likeness (QED) is 0.841. The van der Waals surface area contributed by atoms with Crippen molar-refractivity contribution < 1.29 is 9.47 Å². The van der Waals surface area contributed by atoms with Gasteiger partial charge in [0.1, 0.15) is 0 Å². The molecular weight excluding hydrogens is 226 g/mol. The van der Waals surface area contributed by atoms with Crippen molar-refractivity contribution in [3.05, 3.63) is 0 Å². The topological polar surface area (TPSA) is 44.5 Å². The molecule has 1 aliphatic carbocycles. The smallest absolute Gasteiger partial charge is 0.0687 e. The van der Waals surface area contributed by atoms with Crippen molar-refractivity contribution in [2.45, 2.75) is 69.5 Å². The van der Waals surface area contributed by atoms with Crippen LogP contribution in [-0.4, -0.2) is 31.5 Å². The zero-order chi connectivity index (χ0) is 12.5. The summed E-state index contributed by atoms with van der Waals surface area (Å²) in [7, 11) is 0. The molecule has 3 rings (SSSR count). The molecule has 1 spiro atoms. The Bertz CT molecular complexity index is 280. The Hall–Kier alpha value is -0.120. The van der Waals surface area contributed by atoms with Crippen LogP contribution in [0.5, 0.6) is 0 Å². The maximum atomic E-state index is 6.44. The van der Waals surface area contributed by atoms with E-state index in [1.54, 1.807) is 0 Å². The van der Waals surface area contributed by atoms with Gasteiger partial charge in [-0.3, -0.25) is 0 Å². The SMILES string of the molecule is NCC1(CC2CCC3(CCCC3)O2)CCOCC1. The molecule has 0 aromatic heterocycles. The van der Waals surface area contributed by atoms with Crippen LogP contribution in [0.3, 0.4) is 0 Å². The fraction of sp³-hybridized carbons (Fsp3) is 1.00. The maximum Gasteiger partial charge on any atom is 0.0687 e. The fourth-order valence-electron chi connectivity index (χ4n) is 4.21. The van der Waals surface area contributed by atoms with Gasteiger partial charge in [0.15, 0.2) is 0 Å². The predicted octanol–water partition coefficient (Wildman–Crippen LogP) is 2.62. The fourth-order valence-corrected chi connectivity index (χ4v) is 4.21. The van der Waals surface area contributed by atoms with Gasteiger partial charge in [0, 0.05) is 13.2 Å². The summed E-state index contributed by atoms with van der Waals surface area (Å²) in [5.41, 5.74) is 6.62. The minimum atomic E-state index is 0.269. The molecule has 0 radical (unpaired) electrons. The molecule has 2 saturated heterocycles. The summed E-state index contributed by atoms with van der Waals surface area (Å²) in [5.74, 6) is 0. The van der Waals surface area contributed by atoms with Crippen LogP contribution >= 0.6 is 0 Å². The van der Waals surface area contributed by atoms with E-state index in [1.807, 2.05) is 0 Å². The van der Waals surface area contributed by atoms with Crippen LogP contribution in [0, 0.1) is 5.41 Å². The van der Waals surface area contributed by atoms with E-state index in [1.165, 1.54) is 38.5 Å². The van der Waals surface area contributed by atoms with Crippen molar-refractivity contribution >= 4 is 0 Å². The number of rotatable bonds is 3. The van der Waals surface area contributed by atoms with Crippen LogP contribution in [0.4, 0.5) is 0 Å². The van der Waals surface area contributed by atoms with Crippen molar-refractivity contribution in [3.63, 3.8) is 0 Å². The average Bonchev–Trinajstić information content (AvgIpc) is 3.02. The lowest BCUT2D eigenvalue weighted by Gasteiger charge is -2.38. The molecule has 0 aromatic rings. The first-order valence-corrected chi connectivity index (χ1v) is 7.72. The lowest BCUT2D eigenvalue weighted by molar-refractivity contribution is -0.0687. The largest absolute Gasteiger partial charge is 0.381 e. The van der Waals surface area contributed by atoms with Crippen LogP contribution in [0.2, 0.25) is 0 Å². The van der Waals surface area contributed by atoms with E-state index in [0.717, 1.165) is 39.0 Å². The van der Waals surface area contributed by atoms with Crippen LogP contribution in [-0.2, 0) is 9.47 Å². The molecule has 0 aromatic carbocycles. The van der Waals surface area contributed by atoms with Gasteiger partial charge < -0.3 is 15.2 Å². The molecule has 1 saturated carbocycles. The van der Waals surface area contributed by atoms with Crippen molar-refractivity contribution in [2.75, 3.05) is 19.8 Å². The molecule has 104 valence electrons. The van der Waals surface area contributed by atoms with Gasteiger partial charge in [-0.2, -0.15) is 0 Å². The van der Waals surface area contributed by atoms with Gasteiger partial charge in [-0.1, -0.05) is 12.8 Å². The van der Waals surface area contributed by atoms with Crippen LogP contribution in [0.1, 0.15) is 57.8 Å². The highest BCUT2D eigenvalue weighted by atomic mass is 16.5. The minimum Gasteiger partial charge on any atom is -0.381 e. The third-order valence-electron chi connectivity index (χ3n) is 5.50. The summed E-state index contributed by atoms with van der Waals surface area (Å²) in [6.45, 7) is 2.56. The summed E-state index contributed by atoms with van der Waals surface area (Å²) in [5, 5.41) is 0. The molecule has 0 bridgehead atoms. The first kappa shape index (κ1) is 12.9. The number of hydrogen-bond donors (Lipinski definition) is 1. The highest BCUT2D eigenvalue weighted by Gasteiger charge is 2.44. The van der Waals surface area contributed by atoms with Crippen LogP contribution in [0.15, 0.2) is 0 Å². The molecule has 2 N–H and O–H groups in total. The number of ether oxygens (including phenoxy) is 2. The molecule has 2 aliphatic heterocycles. The second-order valence-corrected chi connectivity index (χ2v) is 6.69. The first-order chi connectivity index (χ1) is 8.76. The molecule has 2 heterocycles. The molecule has 1 unspecified atom stereocenters. The third-order valence-corrected chi connectivity index (χ3v) is 5.50. The van der Waals surface area contributed by atoms with Gasteiger partial charge in [0.05, 0.1) is 11.7 Å². The van der Waals surface area contributed by atoms with Crippen molar-refractivity contribution in [2.24, 2.45) is 11.1 Å². The second-order valence-electron chi connectivity index (χ2n) is 6.69. The minimum absolute atomic E-state index is 0.269. The van der Waals surface area contributed by atoms with Crippen LogP contribution in [0.25, 0.3) is 0 Å². The van der Waals surface area contributed by atoms with Gasteiger partial charge in [-0.25, -0.2) is 0 Å². The summed E-state index contributed by atoms with van der Waals surface area (Å²) < 4.78 is 11.9. The molecular formula is C15H27NO2. The summed E-state index contributed by atoms with van der Waals surface area (Å²) in [6, 6.07) is 0. The highest BCUT2D eigenvalue weighted by Crippen LogP contribution is 2.47. The Kier molecular flexibility index (Phi) is 3.65. The Morgan fingerprint density at radius 3 is 2.39 bits per heavy atom.